The van der Waals surface area contributed by atoms with Gasteiger partial charge in [-0.1, -0.05) is 0 Å². The molecule has 1 fully saturated rings. The third-order valence-electron chi connectivity index (χ3n) is 4.39. The molecule has 2 amide bonds. The van der Waals surface area contributed by atoms with Crippen LogP contribution in [0, 0.1) is 5.92 Å². The molecule has 2 aromatic rings. The van der Waals surface area contributed by atoms with Gasteiger partial charge in [-0.15, -0.1) is 11.8 Å². The van der Waals surface area contributed by atoms with Crippen LogP contribution in [0.25, 0.3) is 0 Å². The number of rotatable bonds is 5. The Morgan fingerprint density at radius 2 is 2.12 bits per heavy atom. The Labute approximate surface area is 151 Å². The van der Waals surface area contributed by atoms with Crippen molar-refractivity contribution in [1.82, 2.24) is 15.2 Å². The fourth-order valence-electron chi connectivity index (χ4n) is 2.96. The van der Waals surface area contributed by atoms with Gasteiger partial charge in [-0.25, -0.2) is 4.98 Å². The van der Waals surface area contributed by atoms with Crippen LogP contribution >= 0.6 is 11.8 Å². The van der Waals surface area contributed by atoms with Crippen molar-refractivity contribution >= 4 is 23.6 Å². The third-order valence-corrected chi connectivity index (χ3v) is 5.10. The van der Waals surface area contributed by atoms with Gasteiger partial charge < -0.3 is 14.6 Å². The molecule has 0 saturated carbocycles. The molecule has 1 aliphatic rings. The standard InChI is InChI=1S/C18H21N3O3S/c1-25-17-14(4-2-8-19-17)18(23)21-9-6-13(7-10-21)12-20-16(22)15-5-3-11-24-15/h2-5,8,11,13H,6-7,9-10,12H2,1H3,(H,20,22). The van der Waals surface area contributed by atoms with E-state index in [0.717, 1.165) is 17.9 Å². The maximum absolute atomic E-state index is 12.7. The highest BCUT2D eigenvalue weighted by Crippen LogP contribution is 2.22. The zero-order valence-corrected chi connectivity index (χ0v) is 14.9. The smallest absolute Gasteiger partial charge is 0.286 e. The van der Waals surface area contributed by atoms with Gasteiger partial charge in [0.05, 0.1) is 11.8 Å². The third kappa shape index (κ3) is 4.22. The first kappa shape index (κ1) is 17.5. The van der Waals surface area contributed by atoms with Gasteiger partial charge >= 0.3 is 0 Å². The fraction of sp³-hybridized carbons (Fsp3) is 0.389. The largest absolute Gasteiger partial charge is 0.459 e. The van der Waals surface area contributed by atoms with Crippen molar-refractivity contribution in [1.29, 1.82) is 0 Å². The van der Waals surface area contributed by atoms with Crippen LogP contribution in [0.15, 0.2) is 46.2 Å². The molecule has 0 aliphatic carbocycles. The molecule has 1 aliphatic heterocycles. The van der Waals surface area contributed by atoms with E-state index in [4.69, 9.17) is 4.42 Å². The first-order valence-electron chi connectivity index (χ1n) is 8.29. The Bertz CT molecular complexity index is 725. The van der Waals surface area contributed by atoms with Crippen molar-refractivity contribution < 1.29 is 14.0 Å². The molecule has 0 atom stereocenters. The van der Waals surface area contributed by atoms with E-state index in [1.807, 2.05) is 17.2 Å². The Morgan fingerprint density at radius 3 is 2.80 bits per heavy atom. The summed E-state index contributed by atoms with van der Waals surface area (Å²) in [6.45, 7) is 2.00. The second-order valence-corrected chi connectivity index (χ2v) is 6.78. The van der Waals surface area contributed by atoms with Crippen LogP contribution < -0.4 is 5.32 Å². The predicted octanol–water partition coefficient (Wildman–Crippen LogP) is 2.68. The van der Waals surface area contributed by atoms with Crippen LogP contribution in [0.5, 0.6) is 0 Å². The number of aromatic nitrogens is 1. The second-order valence-electron chi connectivity index (χ2n) is 5.98. The van der Waals surface area contributed by atoms with E-state index < -0.39 is 0 Å². The van der Waals surface area contributed by atoms with Gasteiger partial charge in [-0.05, 0) is 49.3 Å². The molecule has 7 heteroatoms. The number of nitrogens with zero attached hydrogens (tertiary/aromatic N) is 2. The Hall–Kier alpha value is -2.28. The monoisotopic (exact) mass is 359 g/mol. The number of carbonyl (C=O) groups is 2. The van der Waals surface area contributed by atoms with Gasteiger partial charge in [0.25, 0.3) is 11.8 Å². The molecular formula is C18H21N3O3S. The topological polar surface area (TPSA) is 75.4 Å². The van der Waals surface area contributed by atoms with Crippen LogP contribution in [-0.4, -0.2) is 47.6 Å². The summed E-state index contributed by atoms with van der Waals surface area (Å²) in [4.78, 5) is 30.7. The summed E-state index contributed by atoms with van der Waals surface area (Å²) in [7, 11) is 0. The Balaban J connectivity index is 1.50. The molecule has 0 spiro atoms. The molecule has 6 nitrogen and oxygen atoms in total. The van der Waals surface area contributed by atoms with E-state index in [2.05, 4.69) is 10.3 Å². The molecule has 0 unspecified atom stereocenters. The van der Waals surface area contributed by atoms with E-state index >= 15 is 0 Å². The van der Waals surface area contributed by atoms with Crippen LogP contribution in [0.1, 0.15) is 33.8 Å². The Morgan fingerprint density at radius 1 is 1.32 bits per heavy atom. The molecule has 0 bridgehead atoms. The fourth-order valence-corrected chi connectivity index (χ4v) is 3.50. The SMILES string of the molecule is CSc1ncccc1C(=O)N1CCC(CNC(=O)c2ccco2)CC1. The number of hydrogen-bond donors (Lipinski definition) is 1. The molecule has 0 aromatic carbocycles. The maximum atomic E-state index is 12.7. The van der Waals surface area contributed by atoms with Crippen LogP contribution in [0.4, 0.5) is 0 Å². The van der Waals surface area contributed by atoms with Crippen LogP contribution in [0.3, 0.4) is 0 Å². The molecular weight excluding hydrogens is 338 g/mol. The lowest BCUT2D eigenvalue weighted by atomic mass is 9.96. The normalized spacial score (nSPS) is 15.2. The summed E-state index contributed by atoms with van der Waals surface area (Å²) in [5, 5.41) is 3.66. The highest BCUT2D eigenvalue weighted by atomic mass is 32.2. The van der Waals surface area contributed by atoms with Gasteiger partial charge in [-0.2, -0.15) is 0 Å². The van der Waals surface area contributed by atoms with E-state index in [-0.39, 0.29) is 11.8 Å². The number of thioether (sulfide) groups is 1. The number of hydrogen-bond acceptors (Lipinski definition) is 5. The van der Waals surface area contributed by atoms with Crippen molar-refractivity contribution in [2.45, 2.75) is 17.9 Å². The number of pyridine rings is 1. The van der Waals surface area contributed by atoms with Gasteiger partial charge in [-0.3, -0.25) is 9.59 Å². The zero-order valence-electron chi connectivity index (χ0n) is 14.1. The van der Waals surface area contributed by atoms with Crippen molar-refractivity contribution in [2.24, 2.45) is 5.92 Å². The maximum Gasteiger partial charge on any atom is 0.286 e. The number of amides is 2. The average molecular weight is 359 g/mol. The summed E-state index contributed by atoms with van der Waals surface area (Å²) in [5.41, 5.74) is 0.666. The average Bonchev–Trinajstić information content (AvgIpc) is 3.21. The number of likely N-dealkylation sites (tertiary alicyclic amines) is 1. The lowest BCUT2D eigenvalue weighted by Gasteiger charge is -2.32. The van der Waals surface area contributed by atoms with Gasteiger partial charge in [0.15, 0.2) is 5.76 Å². The molecule has 0 radical (unpaired) electrons. The lowest BCUT2D eigenvalue weighted by molar-refractivity contribution is 0.0679. The van der Waals surface area contributed by atoms with E-state index in [9.17, 15) is 9.59 Å². The van der Waals surface area contributed by atoms with E-state index in [1.54, 1.807) is 24.4 Å². The van der Waals surface area contributed by atoms with E-state index in [0.29, 0.717) is 36.9 Å². The number of piperidine rings is 1. The summed E-state index contributed by atoms with van der Waals surface area (Å²) in [6, 6.07) is 6.97. The lowest BCUT2D eigenvalue weighted by Crippen LogP contribution is -2.41. The highest BCUT2D eigenvalue weighted by Gasteiger charge is 2.25. The predicted molar refractivity (Wildman–Crippen MR) is 95.7 cm³/mol. The minimum atomic E-state index is -0.191. The molecule has 3 heterocycles. The van der Waals surface area contributed by atoms with Gasteiger partial charge in [0.1, 0.15) is 5.03 Å². The van der Waals surface area contributed by atoms with Crippen molar-refractivity contribution in [3.05, 3.63) is 48.0 Å². The first-order valence-corrected chi connectivity index (χ1v) is 9.51. The minimum absolute atomic E-state index is 0.0375. The summed E-state index contributed by atoms with van der Waals surface area (Å²) in [6.07, 6.45) is 6.86. The summed E-state index contributed by atoms with van der Waals surface area (Å²) in [5.74, 6) is 0.546. The van der Waals surface area contributed by atoms with Crippen molar-refractivity contribution in [2.75, 3.05) is 25.9 Å². The number of carbonyl (C=O) groups excluding carboxylic acids is 2. The second kappa shape index (κ2) is 8.20. The van der Waals surface area contributed by atoms with Gasteiger partial charge in [0, 0.05) is 25.8 Å². The summed E-state index contributed by atoms with van der Waals surface area (Å²) >= 11 is 1.48. The van der Waals surface area contributed by atoms with Crippen LogP contribution in [-0.2, 0) is 0 Å². The highest BCUT2D eigenvalue weighted by molar-refractivity contribution is 7.98. The van der Waals surface area contributed by atoms with E-state index in [1.165, 1.54) is 18.0 Å². The zero-order chi connectivity index (χ0) is 17.6. The molecule has 1 saturated heterocycles. The molecule has 25 heavy (non-hydrogen) atoms. The first-order chi connectivity index (χ1) is 12.2. The number of nitrogens with one attached hydrogen (secondary N) is 1. The molecule has 3 rings (SSSR count). The number of furan rings is 1. The van der Waals surface area contributed by atoms with Crippen molar-refractivity contribution in [3.8, 4) is 0 Å². The van der Waals surface area contributed by atoms with Gasteiger partial charge in [0.2, 0.25) is 0 Å². The van der Waals surface area contributed by atoms with Crippen LogP contribution in [0.2, 0.25) is 0 Å². The molecule has 2 aromatic heterocycles. The minimum Gasteiger partial charge on any atom is -0.459 e. The quantitative estimate of drug-likeness (QED) is 0.831. The Kier molecular flexibility index (Phi) is 5.75. The molecule has 132 valence electrons. The molecule has 1 N–H and O–H groups in total. The summed E-state index contributed by atoms with van der Waals surface area (Å²) < 4.78 is 5.08. The van der Waals surface area contributed by atoms with Crippen molar-refractivity contribution in [3.63, 3.8) is 0 Å².